The van der Waals surface area contributed by atoms with Crippen LogP contribution in [0.25, 0.3) is 16.6 Å². The molecule has 3 aromatic rings. The number of pyridine rings is 1. The highest BCUT2D eigenvalue weighted by molar-refractivity contribution is 5.88. The van der Waals surface area contributed by atoms with Gasteiger partial charge in [0, 0.05) is 11.6 Å². The molecule has 0 saturated heterocycles. The minimum Gasteiger partial charge on any atom is -0.463 e. The smallest absolute Gasteiger partial charge is 0.377 e. The van der Waals surface area contributed by atoms with Gasteiger partial charge in [0.25, 0.3) is 5.82 Å². The van der Waals surface area contributed by atoms with Crippen molar-refractivity contribution in [2.45, 2.75) is 0 Å². The molecule has 6 heteroatoms. The third kappa shape index (κ3) is 1.93. The lowest BCUT2D eigenvalue weighted by atomic mass is 10.2. The van der Waals surface area contributed by atoms with Gasteiger partial charge in [-0.3, -0.25) is 0 Å². The molecule has 0 spiro atoms. The highest BCUT2D eigenvalue weighted by Crippen LogP contribution is 2.18. The maximum Gasteiger partial charge on any atom is 0.377 e. The highest BCUT2D eigenvalue weighted by atomic mass is 16.5. The van der Waals surface area contributed by atoms with Gasteiger partial charge in [0.2, 0.25) is 0 Å². The number of fused-ring (bicyclic) bond motifs is 1. The van der Waals surface area contributed by atoms with E-state index < -0.39 is 5.97 Å². The molecule has 1 aromatic carbocycles. The fourth-order valence-corrected chi connectivity index (χ4v) is 1.84. The monoisotopic (exact) mass is 254 g/mol. The normalized spacial score (nSPS) is 10.6. The molecule has 0 saturated carbocycles. The van der Waals surface area contributed by atoms with Crippen LogP contribution in [0.5, 0.6) is 0 Å². The molecule has 2 heterocycles. The number of rotatable bonds is 2. The summed E-state index contributed by atoms with van der Waals surface area (Å²) in [5.74, 6) is 0.0666. The summed E-state index contributed by atoms with van der Waals surface area (Å²) in [4.78, 5) is 19.5. The number of hydrogen-bond donors (Lipinski definition) is 0. The highest BCUT2D eigenvalue weighted by Gasteiger charge is 2.13. The first kappa shape index (κ1) is 11.3. The first-order valence-corrected chi connectivity index (χ1v) is 5.63. The third-order valence-electron chi connectivity index (χ3n) is 2.73. The van der Waals surface area contributed by atoms with Crippen molar-refractivity contribution in [1.82, 2.24) is 19.7 Å². The van der Waals surface area contributed by atoms with E-state index in [0.29, 0.717) is 5.82 Å². The van der Waals surface area contributed by atoms with Crippen molar-refractivity contribution < 1.29 is 9.53 Å². The summed E-state index contributed by atoms with van der Waals surface area (Å²) in [6, 6.07) is 9.71. The third-order valence-corrected chi connectivity index (χ3v) is 2.73. The molecule has 0 atom stereocenters. The zero-order chi connectivity index (χ0) is 13.2. The summed E-state index contributed by atoms with van der Waals surface area (Å²) in [6.07, 6.45) is 3.14. The van der Waals surface area contributed by atoms with Crippen LogP contribution in [0.15, 0.2) is 42.9 Å². The van der Waals surface area contributed by atoms with Gasteiger partial charge in [-0.1, -0.05) is 24.3 Å². The predicted octanol–water partition coefficient (Wildman–Crippen LogP) is 1.60. The average molecular weight is 254 g/mol. The molecule has 2 aromatic heterocycles. The van der Waals surface area contributed by atoms with Crippen molar-refractivity contribution >= 4 is 16.7 Å². The summed E-state index contributed by atoms with van der Waals surface area (Å²) in [6.45, 7) is 0. The van der Waals surface area contributed by atoms with Gasteiger partial charge in [-0.15, -0.1) is 5.10 Å². The molecule has 0 bridgehead atoms. The molecule has 3 rings (SSSR count). The SMILES string of the molecule is COC(=O)c1ncn(-c2nccc3ccccc23)n1. The van der Waals surface area contributed by atoms with Gasteiger partial charge in [0.15, 0.2) is 5.82 Å². The van der Waals surface area contributed by atoms with Gasteiger partial charge in [-0.05, 0) is 11.5 Å². The minimum absolute atomic E-state index is 0.0113. The van der Waals surface area contributed by atoms with Crippen molar-refractivity contribution in [2.75, 3.05) is 7.11 Å². The Kier molecular flexibility index (Phi) is 2.68. The van der Waals surface area contributed by atoms with Crippen LogP contribution in [0.3, 0.4) is 0 Å². The van der Waals surface area contributed by atoms with Gasteiger partial charge < -0.3 is 4.74 Å². The fourth-order valence-electron chi connectivity index (χ4n) is 1.84. The van der Waals surface area contributed by atoms with Crippen LogP contribution in [-0.4, -0.2) is 32.8 Å². The number of carbonyl (C=O) groups is 1. The van der Waals surface area contributed by atoms with Crippen molar-refractivity contribution in [3.05, 3.63) is 48.7 Å². The number of ether oxygens (including phenoxy) is 1. The van der Waals surface area contributed by atoms with Gasteiger partial charge >= 0.3 is 5.97 Å². The first-order valence-electron chi connectivity index (χ1n) is 5.63. The summed E-state index contributed by atoms with van der Waals surface area (Å²) < 4.78 is 6.04. The van der Waals surface area contributed by atoms with Gasteiger partial charge in [0.1, 0.15) is 6.33 Å². The lowest BCUT2D eigenvalue weighted by molar-refractivity contribution is 0.0587. The number of carbonyl (C=O) groups excluding carboxylic acids is 1. The second kappa shape index (κ2) is 4.49. The number of esters is 1. The second-order valence-electron chi connectivity index (χ2n) is 3.86. The molecular weight excluding hydrogens is 244 g/mol. The summed E-state index contributed by atoms with van der Waals surface area (Å²) in [5.41, 5.74) is 0. The molecule has 6 nitrogen and oxygen atoms in total. The quantitative estimate of drug-likeness (QED) is 0.650. The van der Waals surface area contributed by atoms with E-state index in [1.807, 2.05) is 30.3 Å². The standard InChI is InChI=1S/C13H10N4O2/c1-19-13(18)11-15-8-17(16-11)12-10-5-3-2-4-9(10)6-7-14-12/h2-8H,1H3. The van der Waals surface area contributed by atoms with E-state index in [9.17, 15) is 4.79 Å². The molecule has 0 fully saturated rings. The van der Waals surface area contributed by atoms with Crippen LogP contribution >= 0.6 is 0 Å². The summed E-state index contributed by atoms with van der Waals surface area (Å²) in [7, 11) is 1.29. The number of methoxy groups -OCH3 is 1. The Morgan fingerprint density at radius 2 is 2.05 bits per heavy atom. The van der Waals surface area contributed by atoms with E-state index in [-0.39, 0.29) is 5.82 Å². The van der Waals surface area contributed by atoms with Crippen molar-refractivity contribution in [3.63, 3.8) is 0 Å². The van der Waals surface area contributed by atoms with E-state index in [1.54, 1.807) is 6.20 Å². The van der Waals surface area contributed by atoms with E-state index in [0.717, 1.165) is 10.8 Å². The molecule has 0 unspecified atom stereocenters. The Morgan fingerprint density at radius 3 is 2.89 bits per heavy atom. The lowest BCUT2D eigenvalue weighted by Crippen LogP contribution is -2.06. The molecule has 0 aliphatic carbocycles. The van der Waals surface area contributed by atoms with E-state index in [2.05, 4.69) is 19.8 Å². The van der Waals surface area contributed by atoms with Gasteiger partial charge in [-0.25, -0.2) is 19.4 Å². The van der Waals surface area contributed by atoms with Crippen LogP contribution in [0.4, 0.5) is 0 Å². The van der Waals surface area contributed by atoms with Gasteiger partial charge in [-0.2, -0.15) is 0 Å². The maximum absolute atomic E-state index is 11.3. The Balaban J connectivity index is 2.14. The molecule has 0 radical (unpaired) electrons. The van der Waals surface area contributed by atoms with Crippen LogP contribution in [0.1, 0.15) is 10.6 Å². The van der Waals surface area contributed by atoms with E-state index >= 15 is 0 Å². The zero-order valence-electron chi connectivity index (χ0n) is 10.1. The van der Waals surface area contributed by atoms with Crippen LogP contribution in [0, 0.1) is 0 Å². The Bertz CT molecular complexity index is 746. The topological polar surface area (TPSA) is 69.9 Å². The molecule has 19 heavy (non-hydrogen) atoms. The maximum atomic E-state index is 11.3. The Labute approximate surface area is 108 Å². The Hall–Kier alpha value is -2.76. The van der Waals surface area contributed by atoms with Crippen LogP contribution in [0.2, 0.25) is 0 Å². The molecule has 0 N–H and O–H groups in total. The number of hydrogen-bond acceptors (Lipinski definition) is 5. The summed E-state index contributed by atoms with van der Waals surface area (Å²) >= 11 is 0. The molecule has 0 amide bonds. The summed E-state index contributed by atoms with van der Waals surface area (Å²) in [5, 5.41) is 6.05. The largest absolute Gasteiger partial charge is 0.463 e. The number of nitrogens with zero attached hydrogens (tertiary/aromatic N) is 4. The fraction of sp³-hybridized carbons (Fsp3) is 0.0769. The van der Waals surface area contributed by atoms with Crippen LogP contribution in [-0.2, 0) is 4.74 Å². The van der Waals surface area contributed by atoms with E-state index in [1.165, 1.54) is 18.1 Å². The first-order chi connectivity index (χ1) is 9.29. The predicted molar refractivity (Wildman–Crippen MR) is 68.0 cm³/mol. The molecular formula is C13H10N4O2. The van der Waals surface area contributed by atoms with Crippen molar-refractivity contribution in [3.8, 4) is 5.82 Å². The molecule has 0 aliphatic heterocycles. The van der Waals surface area contributed by atoms with Crippen molar-refractivity contribution in [2.24, 2.45) is 0 Å². The number of benzene rings is 1. The van der Waals surface area contributed by atoms with Gasteiger partial charge in [0.05, 0.1) is 7.11 Å². The van der Waals surface area contributed by atoms with Crippen LogP contribution < -0.4 is 0 Å². The Morgan fingerprint density at radius 1 is 1.21 bits per heavy atom. The minimum atomic E-state index is -0.570. The lowest BCUT2D eigenvalue weighted by Gasteiger charge is -2.03. The zero-order valence-corrected chi connectivity index (χ0v) is 10.1. The van der Waals surface area contributed by atoms with Crippen molar-refractivity contribution in [1.29, 1.82) is 0 Å². The molecule has 94 valence electrons. The second-order valence-corrected chi connectivity index (χ2v) is 3.86. The molecule has 0 aliphatic rings. The van der Waals surface area contributed by atoms with E-state index in [4.69, 9.17) is 0 Å². The number of aromatic nitrogens is 4. The average Bonchev–Trinajstić information content (AvgIpc) is 2.95.